The number of esters is 1. The number of ether oxygens (including phenoxy) is 3. The first-order chi connectivity index (χ1) is 14.0. The zero-order chi connectivity index (χ0) is 20.7. The molecule has 0 saturated heterocycles. The molecule has 0 spiro atoms. The molecule has 0 aliphatic heterocycles. The summed E-state index contributed by atoms with van der Waals surface area (Å²) in [5.41, 5.74) is 0.182. The third kappa shape index (κ3) is 6.47. The van der Waals surface area contributed by atoms with Crippen LogP contribution in [0.3, 0.4) is 0 Å². The fourth-order valence-electron chi connectivity index (χ4n) is 2.51. The van der Waals surface area contributed by atoms with Gasteiger partial charge in [-0.1, -0.05) is 13.0 Å². The molecule has 1 aliphatic carbocycles. The highest BCUT2D eigenvalue weighted by atomic mass is 32.2. The normalized spacial score (nSPS) is 13.7. The van der Waals surface area contributed by atoms with E-state index in [1.54, 1.807) is 12.1 Å². The van der Waals surface area contributed by atoms with Gasteiger partial charge in [0, 0.05) is 6.04 Å². The Morgan fingerprint density at radius 1 is 1.00 bits per heavy atom. The van der Waals surface area contributed by atoms with Crippen molar-refractivity contribution < 1.29 is 27.4 Å². The average molecular weight is 419 g/mol. The molecule has 0 bridgehead atoms. The summed E-state index contributed by atoms with van der Waals surface area (Å²) in [6.07, 6.45) is 2.63. The molecule has 2 aromatic rings. The third-order valence-corrected chi connectivity index (χ3v) is 5.68. The first-order valence-corrected chi connectivity index (χ1v) is 11.1. The quantitative estimate of drug-likeness (QED) is 0.444. The molecule has 156 valence electrons. The molecule has 7 nitrogen and oxygen atoms in total. The van der Waals surface area contributed by atoms with Crippen molar-refractivity contribution in [3.63, 3.8) is 0 Å². The number of hydrogen-bond acceptors (Lipinski definition) is 6. The van der Waals surface area contributed by atoms with Crippen LogP contribution in [0.5, 0.6) is 11.5 Å². The predicted octanol–water partition coefficient (Wildman–Crippen LogP) is 3.15. The Morgan fingerprint density at radius 2 is 1.66 bits per heavy atom. The summed E-state index contributed by atoms with van der Waals surface area (Å²) < 4.78 is 43.3. The van der Waals surface area contributed by atoms with E-state index in [1.165, 1.54) is 24.3 Å². The summed E-state index contributed by atoms with van der Waals surface area (Å²) in [7, 11) is -3.62. The van der Waals surface area contributed by atoms with Crippen LogP contribution in [0, 0.1) is 0 Å². The Balaban J connectivity index is 1.46. The van der Waals surface area contributed by atoms with E-state index >= 15 is 0 Å². The van der Waals surface area contributed by atoms with Gasteiger partial charge in [-0.25, -0.2) is 17.9 Å². The summed E-state index contributed by atoms with van der Waals surface area (Å²) in [4.78, 5) is 12.3. The van der Waals surface area contributed by atoms with E-state index in [9.17, 15) is 13.2 Å². The van der Waals surface area contributed by atoms with E-state index in [0.717, 1.165) is 25.0 Å². The van der Waals surface area contributed by atoms with Crippen LogP contribution in [0.4, 0.5) is 0 Å². The molecule has 0 unspecified atom stereocenters. The van der Waals surface area contributed by atoms with Crippen LogP contribution in [0.1, 0.15) is 36.5 Å². The predicted molar refractivity (Wildman–Crippen MR) is 108 cm³/mol. The van der Waals surface area contributed by atoms with E-state index in [4.69, 9.17) is 14.2 Å². The second-order valence-electron chi connectivity index (χ2n) is 6.73. The van der Waals surface area contributed by atoms with E-state index < -0.39 is 16.0 Å². The fourth-order valence-corrected chi connectivity index (χ4v) is 3.86. The molecule has 0 radical (unpaired) electrons. The zero-order valence-electron chi connectivity index (χ0n) is 16.3. The van der Waals surface area contributed by atoms with Crippen molar-refractivity contribution in [3.8, 4) is 11.5 Å². The van der Waals surface area contributed by atoms with Crippen molar-refractivity contribution in [2.75, 3.05) is 19.8 Å². The summed E-state index contributed by atoms with van der Waals surface area (Å²) in [5, 5.41) is 0. The van der Waals surface area contributed by atoms with Crippen molar-refractivity contribution in [1.82, 2.24) is 4.72 Å². The van der Waals surface area contributed by atoms with Gasteiger partial charge in [-0.05, 0) is 61.7 Å². The van der Waals surface area contributed by atoms with Gasteiger partial charge in [0.2, 0.25) is 10.0 Å². The second kappa shape index (κ2) is 9.76. The van der Waals surface area contributed by atoms with Crippen LogP contribution in [0.25, 0.3) is 0 Å². The molecular weight excluding hydrogens is 394 g/mol. The smallest absolute Gasteiger partial charge is 0.338 e. The second-order valence-corrected chi connectivity index (χ2v) is 8.44. The fraction of sp³-hybridized carbons (Fsp3) is 0.381. The minimum Gasteiger partial charge on any atom is -0.494 e. The van der Waals surface area contributed by atoms with Crippen LogP contribution in [-0.2, 0) is 14.8 Å². The Labute approximate surface area is 171 Å². The summed E-state index contributed by atoms with van der Waals surface area (Å²) in [6, 6.07) is 13.0. The summed E-state index contributed by atoms with van der Waals surface area (Å²) >= 11 is 0. The lowest BCUT2D eigenvalue weighted by Gasteiger charge is -2.10. The number of carbonyl (C=O) groups excluding carboxylic acids is 1. The third-order valence-electron chi connectivity index (χ3n) is 4.16. The molecule has 1 aliphatic rings. The first kappa shape index (κ1) is 21.1. The molecule has 0 amide bonds. The van der Waals surface area contributed by atoms with Gasteiger partial charge in [-0.2, -0.15) is 0 Å². The largest absolute Gasteiger partial charge is 0.494 e. The van der Waals surface area contributed by atoms with Gasteiger partial charge in [0.1, 0.15) is 24.7 Å². The molecule has 8 heteroatoms. The van der Waals surface area contributed by atoms with Crippen molar-refractivity contribution in [2.24, 2.45) is 0 Å². The van der Waals surface area contributed by atoms with Gasteiger partial charge in [-0.15, -0.1) is 0 Å². The Morgan fingerprint density at radius 3 is 2.28 bits per heavy atom. The minimum atomic E-state index is -3.62. The maximum Gasteiger partial charge on any atom is 0.338 e. The van der Waals surface area contributed by atoms with Crippen LogP contribution >= 0.6 is 0 Å². The highest BCUT2D eigenvalue weighted by molar-refractivity contribution is 7.89. The van der Waals surface area contributed by atoms with E-state index in [-0.39, 0.29) is 29.7 Å². The van der Waals surface area contributed by atoms with Gasteiger partial charge in [0.25, 0.3) is 0 Å². The van der Waals surface area contributed by atoms with Gasteiger partial charge >= 0.3 is 5.97 Å². The Bertz CT molecular complexity index is 922. The average Bonchev–Trinajstić information content (AvgIpc) is 3.54. The lowest BCUT2D eigenvalue weighted by Crippen LogP contribution is -2.26. The molecule has 29 heavy (non-hydrogen) atoms. The minimum absolute atomic E-state index is 0.0000273. The van der Waals surface area contributed by atoms with Crippen LogP contribution < -0.4 is 14.2 Å². The molecule has 0 aromatic heterocycles. The lowest BCUT2D eigenvalue weighted by molar-refractivity contribution is 0.0450. The topological polar surface area (TPSA) is 90.9 Å². The van der Waals surface area contributed by atoms with Crippen molar-refractivity contribution >= 4 is 16.0 Å². The molecular formula is C21H25NO6S. The van der Waals surface area contributed by atoms with Gasteiger partial charge in [0.15, 0.2) is 0 Å². The van der Waals surface area contributed by atoms with Crippen LogP contribution in [-0.4, -0.2) is 40.2 Å². The zero-order valence-corrected chi connectivity index (χ0v) is 17.1. The Hall–Kier alpha value is -2.58. The van der Waals surface area contributed by atoms with Gasteiger partial charge in [-0.3, -0.25) is 0 Å². The van der Waals surface area contributed by atoms with Gasteiger partial charge in [0.05, 0.1) is 17.1 Å². The number of benzene rings is 2. The highest BCUT2D eigenvalue weighted by Crippen LogP contribution is 2.22. The lowest BCUT2D eigenvalue weighted by atomic mass is 10.2. The monoisotopic (exact) mass is 419 g/mol. The molecule has 1 fully saturated rings. The maximum atomic E-state index is 12.3. The number of nitrogens with one attached hydrogen (secondary N) is 1. The molecule has 0 heterocycles. The molecule has 0 atom stereocenters. The van der Waals surface area contributed by atoms with Crippen molar-refractivity contribution in [1.29, 1.82) is 0 Å². The maximum absolute atomic E-state index is 12.3. The number of sulfonamides is 1. The number of hydrogen-bond donors (Lipinski definition) is 1. The standard InChI is InChI=1S/C21H25NO6S/c1-2-12-26-18-8-10-19(11-9-18)27-13-14-28-21(23)16-4-3-5-20(15-16)29(24,25)22-17-6-7-17/h3-5,8-11,15,17,22H,2,6-7,12-14H2,1H3. The van der Waals surface area contributed by atoms with Crippen molar-refractivity contribution in [2.45, 2.75) is 37.1 Å². The van der Waals surface area contributed by atoms with Crippen LogP contribution in [0.2, 0.25) is 0 Å². The highest BCUT2D eigenvalue weighted by Gasteiger charge is 2.28. The number of carbonyl (C=O) groups is 1. The first-order valence-electron chi connectivity index (χ1n) is 9.63. The van der Waals surface area contributed by atoms with Gasteiger partial charge < -0.3 is 14.2 Å². The molecule has 2 aromatic carbocycles. The molecule has 1 saturated carbocycles. The van der Waals surface area contributed by atoms with E-state index in [1.807, 2.05) is 19.1 Å². The molecule has 1 N–H and O–H groups in total. The Kier molecular flexibility index (Phi) is 7.11. The SMILES string of the molecule is CCCOc1ccc(OCCOC(=O)c2cccc(S(=O)(=O)NC3CC3)c2)cc1. The van der Waals surface area contributed by atoms with E-state index in [0.29, 0.717) is 12.4 Å². The summed E-state index contributed by atoms with van der Waals surface area (Å²) in [5.74, 6) is 0.821. The number of rotatable bonds is 11. The summed E-state index contributed by atoms with van der Waals surface area (Å²) in [6.45, 7) is 2.93. The van der Waals surface area contributed by atoms with Crippen molar-refractivity contribution in [3.05, 3.63) is 54.1 Å². The molecule has 3 rings (SSSR count). The van der Waals surface area contributed by atoms with E-state index in [2.05, 4.69) is 4.72 Å². The van der Waals surface area contributed by atoms with Crippen LogP contribution in [0.15, 0.2) is 53.4 Å².